The van der Waals surface area contributed by atoms with Crippen molar-refractivity contribution in [2.24, 2.45) is 0 Å². The number of rotatable bonds is 9. The highest BCUT2D eigenvalue weighted by atomic mass is 28.3. The summed E-state index contributed by atoms with van der Waals surface area (Å²) in [5.41, 5.74) is 15.9. The molecule has 3 nitrogen and oxygen atoms in total. The van der Waals surface area contributed by atoms with E-state index in [1.54, 1.807) is 0 Å². The van der Waals surface area contributed by atoms with E-state index in [-0.39, 0.29) is 0 Å². The van der Waals surface area contributed by atoms with Crippen molar-refractivity contribution in [1.82, 2.24) is 0 Å². The Hall–Kier alpha value is -7.71. The lowest BCUT2D eigenvalue weighted by atomic mass is 9.91. The molecular formula is C63H52N2OSi2. The van der Waals surface area contributed by atoms with Crippen LogP contribution < -0.4 is 25.4 Å². The summed E-state index contributed by atoms with van der Waals surface area (Å²) in [7, 11) is -3.73. The number of nitrogens with zero attached hydrogens (tertiary/aromatic N) is 2. The maximum absolute atomic E-state index is 6.78. The summed E-state index contributed by atoms with van der Waals surface area (Å²) in [6.07, 6.45) is 0. The van der Waals surface area contributed by atoms with Crippen LogP contribution in [0.2, 0.25) is 32.7 Å². The molecule has 68 heavy (non-hydrogen) atoms. The molecule has 5 heteroatoms. The van der Waals surface area contributed by atoms with Gasteiger partial charge in [0.25, 0.3) is 0 Å². The van der Waals surface area contributed by atoms with Gasteiger partial charge >= 0.3 is 0 Å². The largest absolute Gasteiger partial charge is 0.454 e. The summed E-state index contributed by atoms with van der Waals surface area (Å²) < 4.78 is 6.78. The monoisotopic (exact) mass is 908 g/mol. The first-order valence-corrected chi connectivity index (χ1v) is 30.3. The maximum atomic E-state index is 6.78. The van der Waals surface area contributed by atoms with Gasteiger partial charge in [-0.05, 0) is 116 Å². The van der Waals surface area contributed by atoms with E-state index in [4.69, 9.17) is 4.42 Å². The SMILES string of the molecule is C[Si](C)(C)c1ccc(N(c2ccccc2)c2ccc(-c3ccc4c5c(cccc35)[Si](C)(C)c3cc(N(c5ccccc5-c5ccccc5)c5cccc6c5oc5ccccc56)ccc3-4)cc2)cc1. The average Bonchev–Trinajstić information content (AvgIpc) is 3.76. The molecule has 0 aliphatic carbocycles. The Morgan fingerprint density at radius 2 is 0.941 bits per heavy atom. The van der Waals surface area contributed by atoms with Gasteiger partial charge in [0.05, 0.1) is 19.4 Å². The average molecular weight is 909 g/mol. The molecule has 1 aliphatic heterocycles. The van der Waals surface area contributed by atoms with Crippen molar-refractivity contribution < 1.29 is 4.42 Å². The van der Waals surface area contributed by atoms with E-state index in [1.165, 1.54) is 54.1 Å². The van der Waals surface area contributed by atoms with Gasteiger partial charge < -0.3 is 14.2 Å². The second-order valence-electron chi connectivity index (χ2n) is 19.7. The second-order valence-corrected chi connectivity index (χ2v) is 29.1. The third-order valence-corrected chi connectivity index (χ3v) is 19.8. The Morgan fingerprint density at radius 1 is 0.382 bits per heavy atom. The Morgan fingerprint density at radius 3 is 1.71 bits per heavy atom. The van der Waals surface area contributed by atoms with Crippen LogP contribution in [-0.2, 0) is 0 Å². The van der Waals surface area contributed by atoms with E-state index in [0.29, 0.717) is 0 Å². The van der Waals surface area contributed by atoms with Gasteiger partial charge in [-0.25, -0.2) is 0 Å². The number of hydrogen-bond acceptors (Lipinski definition) is 3. The Bertz CT molecular complexity index is 3680. The fourth-order valence-electron chi connectivity index (χ4n) is 10.7. The van der Waals surface area contributed by atoms with E-state index in [1.807, 2.05) is 0 Å². The maximum Gasteiger partial charge on any atom is 0.159 e. The van der Waals surface area contributed by atoms with Crippen LogP contribution in [0.15, 0.2) is 229 Å². The Labute approximate surface area is 401 Å². The summed E-state index contributed by atoms with van der Waals surface area (Å²) >= 11 is 0. The van der Waals surface area contributed by atoms with Crippen LogP contribution in [0, 0.1) is 0 Å². The minimum absolute atomic E-state index is 0.880. The minimum atomic E-state index is -2.29. The van der Waals surface area contributed by atoms with Crippen LogP contribution in [0.1, 0.15) is 0 Å². The molecule has 0 unspecified atom stereocenters. The molecule has 11 aromatic rings. The quantitative estimate of drug-likeness (QED) is 0.135. The lowest BCUT2D eigenvalue weighted by Gasteiger charge is -2.36. The number of furan rings is 1. The van der Waals surface area contributed by atoms with Gasteiger partial charge in [-0.3, -0.25) is 0 Å². The Balaban J connectivity index is 0.979. The number of benzene rings is 10. The number of para-hydroxylation sites is 4. The van der Waals surface area contributed by atoms with E-state index in [9.17, 15) is 0 Å². The Kier molecular flexibility index (Phi) is 9.98. The van der Waals surface area contributed by atoms with Crippen molar-refractivity contribution in [2.75, 3.05) is 9.80 Å². The standard InChI is InChI=1S/C63H52N2OSi2/c1-67(2,3)49-37-34-47(35-38-49)64(45-20-10-7-11-21-45)46-32-30-44(31-33-46)50-40-41-55-53-39-36-48(42-61(53)68(4,5)60-29-17-24-54(50)62(55)60)65(57-26-14-12-22-51(57)43-18-8-6-9-19-43)58-27-16-25-56-52-23-13-15-28-59(52)66-63(56)58/h6-42H,1-5H3. The van der Waals surface area contributed by atoms with E-state index < -0.39 is 16.1 Å². The van der Waals surface area contributed by atoms with Crippen LogP contribution in [0.3, 0.4) is 0 Å². The van der Waals surface area contributed by atoms with Gasteiger partial charge in [0.2, 0.25) is 0 Å². The zero-order valence-corrected chi connectivity index (χ0v) is 41.2. The highest BCUT2D eigenvalue weighted by Crippen LogP contribution is 2.47. The van der Waals surface area contributed by atoms with Crippen molar-refractivity contribution in [2.45, 2.75) is 32.7 Å². The smallest absolute Gasteiger partial charge is 0.159 e. The van der Waals surface area contributed by atoms with Crippen molar-refractivity contribution >= 4 is 98.5 Å². The first kappa shape index (κ1) is 41.7. The number of hydrogen-bond donors (Lipinski definition) is 0. The van der Waals surface area contributed by atoms with Gasteiger partial charge in [0.15, 0.2) is 5.58 Å². The molecule has 0 radical (unpaired) electrons. The van der Waals surface area contributed by atoms with Gasteiger partial charge in [0.1, 0.15) is 13.7 Å². The molecule has 0 amide bonds. The lowest BCUT2D eigenvalue weighted by Crippen LogP contribution is -2.56. The zero-order chi connectivity index (χ0) is 46.1. The third kappa shape index (κ3) is 6.92. The molecule has 0 N–H and O–H groups in total. The minimum Gasteiger partial charge on any atom is -0.454 e. The third-order valence-electron chi connectivity index (χ3n) is 14.2. The molecule has 0 saturated heterocycles. The topological polar surface area (TPSA) is 19.6 Å². The van der Waals surface area contributed by atoms with Crippen molar-refractivity contribution in [3.63, 3.8) is 0 Å². The van der Waals surface area contributed by atoms with Crippen LogP contribution in [0.25, 0.3) is 66.1 Å². The predicted octanol–water partition coefficient (Wildman–Crippen LogP) is 16.4. The lowest BCUT2D eigenvalue weighted by molar-refractivity contribution is 0.669. The molecule has 0 spiro atoms. The van der Waals surface area contributed by atoms with Crippen molar-refractivity contribution in [3.05, 3.63) is 224 Å². The molecular weight excluding hydrogens is 857 g/mol. The molecule has 12 rings (SSSR count). The molecule has 0 saturated carbocycles. The van der Waals surface area contributed by atoms with Gasteiger partial charge in [0, 0.05) is 39.1 Å². The first-order valence-electron chi connectivity index (χ1n) is 23.8. The first-order chi connectivity index (χ1) is 33.1. The number of fused-ring (bicyclic) bond motifs is 5. The van der Waals surface area contributed by atoms with Crippen LogP contribution in [0.5, 0.6) is 0 Å². The highest BCUT2D eigenvalue weighted by molar-refractivity contribution is 7.03. The number of anilines is 6. The van der Waals surface area contributed by atoms with Gasteiger partial charge in [-0.2, -0.15) is 0 Å². The normalized spacial score (nSPS) is 12.9. The van der Waals surface area contributed by atoms with Crippen molar-refractivity contribution in [3.8, 4) is 33.4 Å². The van der Waals surface area contributed by atoms with E-state index in [2.05, 4.69) is 267 Å². The molecule has 10 aromatic carbocycles. The highest BCUT2D eigenvalue weighted by Gasteiger charge is 2.37. The fourth-order valence-corrected chi connectivity index (χ4v) is 15.0. The molecule has 1 aliphatic rings. The molecule has 0 atom stereocenters. The molecule has 2 heterocycles. The van der Waals surface area contributed by atoms with Gasteiger partial charge in [-0.1, -0.05) is 196 Å². The van der Waals surface area contributed by atoms with E-state index in [0.717, 1.165) is 61.6 Å². The fraction of sp³-hybridized carbons (Fsp3) is 0.0794. The predicted molar refractivity (Wildman–Crippen MR) is 297 cm³/mol. The van der Waals surface area contributed by atoms with E-state index >= 15 is 0 Å². The summed E-state index contributed by atoms with van der Waals surface area (Å²) in [5, 5.41) is 9.30. The summed E-state index contributed by atoms with van der Waals surface area (Å²) in [6.45, 7) is 12.3. The summed E-state index contributed by atoms with van der Waals surface area (Å²) in [5.74, 6) is 0. The zero-order valence-electron chi connectivity index (χ0n) is 39.2. The molecule has 328 valence electrons. The molecule has 1 aromatic heterocycles. The molecule has 0 fully saturated rings. The second kappa shape index (κ2) is 16.3. The molecule has 0 bridgehead atoms. The van der Waals surface area contributed by atoms with Crippen LogP contribution >= 0.6 is 0 Å². The van der Waals surface area contributed by atoms with Gasteiger partial charge in [-0.15, -0.1) is 0 Å². The van der Waals surface area contributed by atoms with Crippen molar-refractivity contribution in [1.29, 1.82) is 0 Å². The summed E-state index contributed by atoms with van der Waals surface area (Å²) in [4.78, 5) is 4.80. The van der Waals surface area contributed by atoms with Crippen LogP contribution in [-0.4, -0.2) is 16.1 Å². The summed E-state index contributed by atoms with van der Waals surface area (Å²) in [6, 6.07) is 82.6. The van der Waals surface area contributed by atoms with Crippen LogP contribution in [0.4, 0.5) is 34.1 Å².